The van der Waals surface area contributed by atoms with Gasteiger partial charge < -0.3 is 10.0 Å². The van der Waals surface area contributed by atoms with Gasteiger partial charge in [-0.05, 0) is 23.9 Å². The number of benzene rings is 1. The van der Waals surface area contributed by atoms with Crippen LogP contribution < -0.4 is 0 Å². The maximum Gasteiger partial charge on any atom is 0.326 e. The van der Waals surface area contributed by atoms with E-state index in [9.17, 15) is 14.7 Å². The quantitative estimate of drug-likeness (QED) is 0.494. The number of hydrogen-bond donors (Lipinski definition) is 1. The van der Waals surface area contributed by atoms with Gasteiger partial charge in [-0.2, -0.15) is 0 Å². The van der Waals surface area contributed by atoms with Crippen molar-refractivity contribution in [2.45, 2.75) is 25.8 Å². The van der Waals surface area contributed by atoms with Gasteiger partial charge in [-0.25, -0.2) is 4.79 Å². The van der Waals surface area contributed by atoms with Gasteiger partial charge in [0.05, 0.1) is 0 Å². The minimum Gasteiger partial charge on any atom is -0.480 e. The van der Waals surface area contributed by atoms with E-state index in [0.29, 0.717) is 6.54 Å². The molecule has 0 saturated carbocycles. The molecule has 0 aliphatic carbocycles. The number of carboxylic acids is 1. The fourth-order valence-corrected chi connectivity index (χ4v) is 2.78. The van der Waals surface area contributed by atoms with E-state index in [0.717, 1.165) is 11.1 Å². The number of likely N-dealkylation sites (tertiary alicyclic amines) is 1. The molecule has 0 spiro atoms. The maximum atomic E-state index is 12.1. The van der Waals surface area contributed by atoms with E-state index in [4.69, 9.17) is 5.53 Å². The number of aliphatic carboxylic acids is 1. The number of nitrogens with zero attached hydrogens (tertiary/aromatic N) is 4. The second kappa shape index (κ2) is 6.95. The molecule has 1 aromatic rings. The molecule has 1 saturated heterocycles. The molecule has 0 radical (unpaired) electrons. The lowest BCUT2D eigenvalue weighted by Crippen LogP contribution is -2.43. The summed E-state index contributed by atoms with van der Waals surface area (Å²) in [5.41, 5.74) is 10.3. The number of carboxylic acid groups (broad SMARTS) is 1. The molecular formula is C15H18N4O3. The van der Waals surface area contributed by atoms with Crippen LogP contribution in [-0.2, 0) is 16.0 Å². The summed E-state index contributed by atoms with van der Waals surface area (Å²) in [6.45, 7) is 2.48. The van der Waals surface area contributed by atoms with Gasteiger partial charge in [-0.15, -0.1) is 0 Å². The van der Waals surface area contributed by atoms with Crippen LogP contribution in [0.3, 0.4) is 0 Å². The highest BCUT2D eigenvalue weighted by Gasteiger charge is 2.37. The second-order valence-electron chi connectivity index (χ2n) is 5.58. The normalized spacial score (nSPS) is 18.9. The Balaban J connectivity index is 2.12. The zero-order valence-electron chi connectivity index (χ0n) is 12.3. The monoisotopic (exact) mass is 302 g/mol. The number of aryl methyl sites for hydroxylation is 1. The highest BCUT2D eigenvalue weighted by Crippen LogP contribution is 2.23. The second-order valence-corrected chi connectivity index (χ2v) is 5.58. The third kappa shape index (κ3) is 3.77. The number of hydrogen-bond acceptors (Lipinski definition) is 3. The molecule has 116 valence electrons. The predicted octanol–water partition coefficient (Wildman–Crippen LogP) is 2.15. The van der Waals surface area contributed by atoms with Gasteiger partial charge in [0.25, 0.3) is 0 Å². The lowest BCUT2D eigenvalue weighted by atomic mass is 10.0. The minimum absolute atomic E-state index is 0.109. The summed E-state index contributed by atoms with van der Waals surface area (Å²) < 4.78 is 0. The fraction of sp³-hybridized carbons (Fsp3) is 0.467. The largest absolute Gasteiger partial charge is 0.480 e. The number of rotatable bonds is 6. The van der Waals surface area contributed by atoms with Gasteiger partial charge in [-0.3, -0.25) is 4.79 Å². The van der Waals surface area contributed by atoms with E-state index < -0.39 is 12.0 Å². The molecule has 0 aromatic heterocycles. The first-order valence-electron chi connectivity index (χ1n) is 7.10. The minimum atomic E-state index is -1.01. The molecule has 1 amide bonds. The molecule has 2 rings (SSSR count). The molecule has 1 fully saturated rings. The summed E-state index contributed by atoms with van der Waals surface area (Å²) in [7, 11) is 0. The highest BCUT2D eigenvalue weighted by atomic mass is 16.4. The average Bonchev–Trinajstić information content (AvgIpc) is 2.83. The van der Waals surface area contributed by atoms with Crippen molar-refractivity contribution in [1.29, 1.82) is 0 Å². The number of carbonyl (C=O) groups is 2. The van der Waals surface area contributed by atoms with E-state index in [2.05, 4.69) is 10.0 Å². The van der Waals surface area contributed by atoms with Crippen LogP contribution in [0.15, 0.2) is 29.4 Å². The van der Waals surface area contributed by atoms with E-state index in [1.54, 1.807) is 0 Å². The van der Waals surface area contributed by atoms with E-state index in [-0.39, 0.29) is 31.2 Å². The fourth-order valence-electron chi connectivity index (χ4n) is 2.78. The van der Waals surface area contributed by atoms with Crippen LogP contribution in [0.2, 0.25) is 0 Å². The summed E-state index contributed by atoms with van der Waals surface area (Å²) in [5, 5.41) is 12.9. The molecule has 1 aliphatic heterocycles. The summed E-state index contributed by atoms with van der Waals surface area (Å²) in [6.07, 6.45) is 0.508. The Morgan fingerprint density at radius 1 is 1.59 bits per heavy atom. The first-order chi connectivity index (χ1) is 10.5. The van der Waals surface area contributed by atoms with Crippen LogP contribution in [0.1, 0.15) is 17.5 Å². The molecule has 7 nitrogen and oxygen atoms in total. The van der Waals surface area contributed by atoms with Crippen molar-refractivity contribution in [3.05, 3.63) is 45.8 Å². The smallest absolute Gasteiger partial charge is 0.326 e. The molecule has 1 aliphatic rings. The standard InChI is InChI=1S/C15H18N4O3/c1-10-3-2-4-11(5-10)6-13(15(21)22)19-9-12(7-14(19)20)8-17-18-16/h2-5,12-13H,6-9H2,1H3,(H,21,22)/t12?,13-/m0/s1. The summed E-state index contributed by atoms with van der Waals surface area (Å²) in [5.74, 6) is -1.32. The van der Waals surface area contributed by atoms with Crippen molar-refractivity contribution >= 4 is 11.9 Å². The molecule has 1 unspecified atom stereocenters. The molecule has 1 heterocycles. The average molecular weight is 302 g/mol. The maximum absolute atomic E-state index is 12.1. The van der Waals surface area contributed by atoms with Crippen LogP contribution >= 0.6 is 0 Å². The topological polar surface area (TPSA) is 106 Å². The molecule has 22 heavy (non-hydrogen) atoms. The van der Waals surface area contributed by atoms with Crippen LogP contribution in [0.4, 0.5) is 0 Å². The van der Waals surface area contributed by atoms with Crippen molar-refractivity contribution in [3.63, 3.8) is 0 Å². The van der Waals surface area contributed by atoms with Gasteiger partial charge in [0.15, 0.2) is 0 Å². The number of carbonyl (C=O) groups excluding carboxylic acids is 1. The highest BCUT2D eigenvalue weighted by molar-refractivity contribution is 5.85. The molecular weight excluding hydrogens is 284 g/mol. The van der Waals surface area contributed by atoms with Gasteiger partial charge in [-0.1, -0.05) is 34.9 Å². The Hall–Kier alpha value is -2.53. The molecule has 1 aromatic carbocycles. The Morgan fingerprint density at radius 3 is 3.00 bits per heavy atom. The van der Waals surface area contributed by atoms with Gasteiger partial charge in [0.1, 0.15) is 6.04 Å². The lowest BCUT2D eigenvalue weighted by molar-refractivity contribution is -0.148. The van der Waals surface area contributed by atoms with Crippen molar-refractivity contribution < 1.29 is 14.7 Å². The molecule has 1 N–H and O–H groups in total. The van der Waals surface area contributed by atoms with E-state index >= 15 is 0 Å². The Morgan fingerprint density at radius 2 is 2.36 bits per heavy atom. The summed E-state index contributed by atoms with van der Waals surface area (Å²) >= 11 is 0. The van der Waals surface area contributed by atoms with Crippen molar-refractivity contribution in [1.82, 2.24) is 4.90 Å². The number of amides is 1. The first-order valence-corrected chi connectivity index (χ1v) is 7.10. The zero-order chi connectivity index (χ0) is 16.1. The molecule has 2 atom stereocenters. The zero-order valence-corrected chi connectivity index (χ0v) is 12.3. The van der Waals surface area contributed by atoms with Crippen molar-refractivity contribution in [2.24, 2.45) is 11.0 Å². The van der Waals surface area contributed by atoms with E-state index in [1.165, 1.54) is 4.90 Å². The number of azide groups is 1. The third-order valence-corrected chi connectivity index (χ3v) is 3.81. The lowest BCUT2D eigenvalue weighted by Gasteiger charge is -2.25. The van der Waals surface area contributed by atoms with Crippen LogP contribution in [-0.4, -0.2) is 41.0 Å². The summed E-state index contributed by atoms with van der Waals surface area (Å²) in [6, 6.07) is 6.72. The Bertz CT molecular complexity index is 625. The van der Waals surface area contributed by atoms with E-state index in [1.807, 2.05) is 31.2 Å². The molecule has 0 bridgehead atoms. The van der Waals surface area contributed by atoms with Crippen molar-refractivity contribution in [2.75, 3.05) is 13.1 Å². The first kappa shape index (κ1) is 15.9. The molecule has 7 heteroatoms. The summed E-state index contributed by atoms with van der Waals surface area (Å²) in [4.78, 5) is 27.7. The van der Waals surface area contributed by atoms with Crippen molar-refractivity contribution in [3.8, 4) is 0 Å². The Kier molecular flexibility index (Phi) is 5.01. The van der Waals surface area contributed by atoms with Gasteiger partial charge in [0.2, 0.25) is 5.91 Å². The third-order valence-electron chi connectivity index (χ3n) is 3.81. The van der Waals surface area contributed by atoms with Crippen LogP contribution in [0.5, 0.6) is 0 Å². The van der Waals surface area contributed by atoms with Gasteiger partial charge in [0, 0.05) is 30.8 Å². The Labute approximate surface area is 128 Å². The predicted molar refractivity (Wildman–Crippen MR) is 80.1 cm³/mol. The van der Waals surface area contributed by atoms with Gasteiger partial charge >= 0.3 is 5.97 Å². The van der Waals surface area contributed by atoms with Crippen LogP contribution in [0.25, 0.3) is 10.4 Å². The SMILES string of the molecule is Cc1cccc(C[C@@H](C(=O)O)N2CC(CN=[N+]=[N-])CC2=O)c1. The van der Waals surface area contributed by atoms with Crippen LogP contribution in [0, 0.1) is 12.8 Å².